The second kappa shape index (κ2) is 19.4. The van der Waals surface area contributed by atoms with Gasteiger partial charge in [0.2, 0.25) is 0 Å². The van der Waals surface area contributed by atoms with Crippen molar-refractivity contribution in [3.8, 4) is 0 Å². The molecule has 6 heteroatoms. The molecule has 166 valence electrons. The molecule has 0 amide bonds. The predicted molar refractivity (Wildman–Crippen MR) is 125 cm³/mol. The molecule has 0 spiro atoms. The number of rotatable bonds is 4. The van der Waals surface area contributed by atoms with E-state index in [0.29, 0.717) is 11.6 Å². The Kier molecular flexibility index (Phi) is 21.2. The fourth-order valence-corrected chi connectivity index (χ4v) is 2.14. The van der Waals surface area contributed by atoms with Gasteiger partial charge in [-0.3, -0.25) is 0 Å². The standard InChI is InChI=1S/C13H17ClN2.C7H10F2.C2H6.CH4O/c1-9-6-12(13(14)7-10(9)2)11(8-16)4-3-5-15;1-4-7(9)5(2)6(3)8;2*1-2/h3-4,6-8H,5,15-16H2,1-2H3;4H,1-3H3;1-2H3;2H,1H3/b4-3-,11-8+;6-5+,7-4+;;. The predicted octanol–water partition coefficient (Wildman–Crippen LogP) is 6.53. The summed E-state index contributed by atoms with van der Waals surface area (Å²) in [5.74, 6) is -0.958. The second-order valence-electron chi connectivity index (χ2n) is 5.47. The topological polar surface area (TPSA) is 72.3 Å². The van der Waals surface area contributed by atoms with E-state index < -0.39 is 11.7 Å². The summed E-state index contributed by atoms with van der Waals surface area (Å²) >= 11 is 6.19. The first-order valence-corrected chi connectivity index (χ1v) is 9.72. The van der Waals surface area contributed by atoms with Crippen LogP contribution in [0.5, 0.6) is 0 Å². The summed E-state index contributed by atoms with van der Waals surface area (Å²) < 4.78 is 24.5. The lowest BCUT2D eigenvalue weighted by molar-refractivity contribution is 0.399. The van der Waals surface area contributed by atoms with Crippen LogP contribution in [0.1, 0.15) is 51.3 Å². The van der Waals surface area contributed by atoms with Gasteiger partial charge in [0.05, 0.1) is 0 Å². The van der Waals surface area contributed by atoms with E-state index in [4.69, 9.17) is 28.2 Å². The zero-order chi connectivity index (χ0) is 23.6. The van der Waals surface area contributed by atoms with Gasteiger partial charge in [-0.05, 0) is 63.5 Å². The van der Waals surface area contributed by atoms with E-state index in [1.54, 1.807) is 6.20 Å². The molecule has 1 aromatic rings. The minimum absolute atomic E-state index is 0.0810. The Bertz CT molecular complexity index is 705. The Morgan fingerprint density at radius 3 is 1.93 bits per heavy atom. The average Bonchev–Trinajstić information content (AvgIpc) is 2.74. The molecule has 0 aromatic heterocycles. The van der Waals surface area contributed by atoms with Gasteiger partial charge in [-0.2, -0.15) is 0 Å². The number of halogens is 3. The van der Waals surface area contributed by atoms with Crippen molar-refractivity contribution in [2.45, 2.75) is 48.5 Å². The molecule has 1 rings (SSSR count). The largest absolute Gasteiger partial charge is 0.404 e. The van der Waals surface area contributed by atoms with Gasteiger partial charge in [-0.25, -0.2) is 8.78 Å². The van der Waals surface area contributed by atoms with Crippen LogP contribution in [0.25, 0.3) is 5.57 Å². The minimum Gasteiger partial charge on any atom is -0.404 e. The Morgan fingerprint density at radius 2 is 1.59 bits per heavy atom. The summed E-state index contributed by atoms with van der Waals surface area (Å²) in [4.78, 5) is 0. The molecule has 0 bridgehead atoms. The van der Waals surface area contributed by atoms with Crippen molar-refractivity contribution in [1.29, 1.82) is 0 Å². The molecule has 0 fully saturated rings. The maximum atomic E-state index is 12.3. The molecule has 0 aliphatic rings. The molecular formula is C23H37ClF2N2O. The van der Waals surface area contributed by atoms with Gasteiger partial charge in [0.25, 0.3) is 0 Å². The monoisotopic (exact) mass is 430 g/mol. The maximum Gasteiger partial charge on any atom is 0.124 e. The lowest BCUT2D eigenvalue weighted by atomic mass is 10.0. The van der Waals surface area contributed by atoms with Crippen LogP contribution in [0.4, 0.5) is 8.78 Å². The molecule has 0 atom stereocenters. The number of allylic oxidation sites excluding steroid dienone is 6. The highest BCUT2D eigenvalue weighted by Crippen LogP contribution is 2.27. The lowest BCUT2D eigenvalue weighted by Gasteiger charge is -2.09. The highest BCUT2D eigenvalue weighted by Gasteiger charge is 2.06. The van der Waals surface area contributed by atoms with E-state index in [2.05, 4.69) is 6.92 Å². The number of nitrogens with two attached hydrogens (primary N) is 2. The van der Waals surface area contributed by atoms with Crippen molar-refractivity contribution in [2.24, 2.45) is 11.5 Å². The zero-order valence-electron chi connectivity index (χ0n) is 18.9. The molecular weight excluding hydrogens is 394 g/mol. The quantitative estimate of drug-likeness (QED) is 0.475. The molecule has 0 unspecified atom stereocenters. The molecule has 0 heterocycles. The van der Waals surface area contributed by atoms with Crippen molar-refractivity contribution in [3.63, 3.8) is 0 Å². The van der Waals surface area contributed by atoms with E-state index in [1.165, 1.54) is 38.0 Å². The lowest BCUT2D eigenvalue weighted by Crippen LogP contribution is -1.95. The molecule has 0 saturated carbocycles. The molecule has 0 aliphatic carbocycles. The van der Waals surface area contributed by atoms with Crippen molar-refractivity contribution in [2.75, 3.05) is 13.7 Å². The number of hydrogen-bond acceptors (Lipinski definition) is 3. The molecule has 0 radical (unpaired) electrons. The number of aliphatic hydroxyl groups is 1. The van der Waals surface area contributed by atoms with Crippen LogP contribution >= 0.6 is 11.6 Å². The maximum absolute atomic E-state index is 12.3. The first kappa shape index (κ1) is 31.7. The molecule has 0 aliphatic heterocycles. The van der Waals surface area contributed by atoms with Crippen molar-refractivity contribution in [3.05, 3.63) is 75.5 Å². The van der Waals surface area contributed by atoms with Crippen LogP contribution in [-0.2, 0) is 0 Å². The van der Waals surface area contributed by atoms with Crippen LogP contribution in [0.2, 0.25) is 5.02 Å². The van der Waals surface area contributed by atoms with Gasteiger partial charge in [0.15, 0.2) is 0 Å². The summed E-state index contributed by atoms with van der Waals surface area (Å²) in [5.41, 5.74) is 15.3. The van der Waals surface area contributed by atoms with Crippen LogP contribution in [0, 0.1) is 13.8 Å². The van der Waals surface area contributed by atoms with E-state index in [0.717, 1.165) is 18.2 Å². The first-order chi connectivity index (χ1) is 13.7. The summed E-state index contributed by atoms with van der Waals surface area (Å²) in [7, 11) is 1.00. The van der Waals surface area contributed by atoms with Crippen LogP contribution in [0.3, 0.4) is 0 Å². The highest BCUT2D eigenvalue weighted by atomic mass is 35.5. The smallest absolute Gasteiger partial charge is 0.124 e. The first-order valence-electron chi connectivity index (χ1n) is 9.35. The van der Waals surface area contributed by atoms with E-state index in [9.17, 15) is 8.78 Å². The number of hydrogen-bond donors (Lipinski definition) is 3. The van der Waals surface area contributed by atoms with Gasteiger partial charge in [0, 0.05) is 36.0 Å². The van der Waals surface area contributed by atoms with Gasteiger partial charge in [-0.15, -0.1) is 0 Å². The van der Waals surface area contributed by atoms with Crippen LogP contribution < -0.4 is 11.5 Å². The summed E-state index contributed by atoms with van der Waals surface area (Å²) in [6, 6.07) is 3.99. The zero-order valence-corrected chi connectivity index (χ0v) is 19.7. The van der Waals surface area contributed by atoms with Gasteiger partial charge in [-0.1, -0.05) is 43.7 Å². The average molecular weight is 431 g/mol. The minimum atomic E-state index is -0.491. The number of aliphatic hydroxyl groups excluding tert-OH is 1. The van der Waals surface area contributed by atoms with E-state index in [1.807, 2.05) is 45.1 Å². The van der Waals surface area contributed by atoms with Gasteiger partial charge < -0.3 is 16.6 Å². The molecule has 1 aromatic carbocycles. The summed E-state index contributed by atoms with van der Waals surface area (Å²) in [6.45, 7) is 12.7. The Labute approximate surface area is 180 Å². The van der Waals surface area contributed by atoms with Crippen LogP contribution in [0.15, 0.2) is 53.8 Å². The van der Waals surface area contributed by atoms with Crippen molar-refractivity contribution in [1.82, 2.24) is 0 Å². The highest BCUT2D eigenvalue weighted by molar-refractivity contribution is 6.32. The molecule has 3 nitrogen and oxygen atoms in total. The molecule has 29 heavy (non-hydrogen) atoms. The third-order valence-corrected chi connectivity index (χ3v) is 3.95. The fourth-order valence-electron chi connectivity index (χ4n) is 1.81. The Hall–Kier alpha value is -1.95. The van der Waals surface area contributed by atoms with Gasteiger partial charge >= 0.3 is 0 Å². The van der Waals surface area contributed by atoms with Crippen molar-refractivity contribution < 1.29 is 13.9 Å². The Morgan fingerprint density at radius 1 is 1.10 bits per heavy atom. The van der Waals surface area contributed by atoms with E-state index >= 15 is 0 Å². The SMILES string of the molecule is C/C=C(F)\C(C)=C(/C)F.CC.CO.Cc1cc(Cl)c(C(/C=C\CN)=C/N)cc1C. The third-order valence-electron chi connectivity index (χ3n) is 3.64. The second-order valence-corrected chi connectivity index (χ2v) is 5.88. The summed E-state index contributed by atoms with van der Waals surface area (Å²) in [5, 5.41) is 7.71. The van der Waals surface area contributed by atoms with Crippen molar-refractivity contribution >= 4 is 17.2 Å². The number of benzene rings is 1. The van der Waals surface area contributed by atoms with E-state index in [-0.39, 0.29) is 5.57 Å². The van der Waals surface area contributed by atoms with Gasteiger partial charge in [0.1, 0.15) is 11.7 Å². The number of aryl methyl sites for hydroxylation is 2. The Balaban J connectivity index is -0.000000443. The summed E-state index contributed by atoms with van der Waals surface area (Å²) in [6.07, 6.45) is 6.51. The third kappa shape index (κ3) is 13.0. The molecule has 5 N–H and O–H groups in total. The molecule has 0 saturated heterocycles. The fraction of sp³-hybridized carbons (Fsp3) is 0.391. The van der Waals surface area contributed by atoms with Crippen LogP contribution in [-0.4, -0.2) is 18.8 Å². The normalized spacial score (nSPS) is 12.0.